The van der Waals surface area contributed by atoms with Crippen LogP contribution in [0.4, 0.5) is 8.78 Å². The van der Waals surface area contributed by atoms with E-state index in [1.54, 1.807) is 29.5 Å². The minimum Gasteiger partial charge on any atom is -0.505 e. The van der Waals surface area contributed by atoms with Crippen molar-refractivity contribution in [1.82, 2.24) is 20.1 Å². The van der Waals surface area contributed by atoms with Crippen LogP contribution in [0.15, 0.2) is 52.4 Å². The Hall–Kier alpha value is -2.93. The summed E-state index contributed by atoms with van der Waals surface area (Å²) < 4.78 is 29.8. The molecule has 2 heterocycles. The Labute approximate surface area is 182 Å². The van der Waals surface area contributed by atoms with Crippen molar-refractivity contribution in [2.75, 3.05) is 13.1 Å². The van der Waals surface area contributed by atoms with Gasteiger partial charge in [-0.05, 0) is 31.6 Å². The number of piperazine rings is 1. The molecule has 1 atom stereocenters. The Kier molecular flexibility index (Phi) is 6.95. The molecule has 10 heteroatoms. The number of phenolic OH excluding ortho intramolecular Hbond substituents is 1. The second-order valence-corrected chi connectivity index (χ2v) is 8.00. The third-order valence-corrected chi connectivity index (χ3v) is 6.15. The number of allylic oxidation sites excluding steroid dienone is 1. The van der Waals surface area contributed by atoms with E-state index < -0.39 is 17.4 Å². The standard InChI is InChI=1S/C21H26F2N5O2P/c1-5-14(21(30)28-18(6-2)25-26-31-28)12(3)19-13(4)24-9-10-27(19)11-15-16(22)7-8-17(23)20(15)29/h5,7-8,24,26,29,31H,4,6,9-11H2,1-3H3/b14-5+,19-12+. The molecule has 166 valence electrons. The number of benzene rings is 1. The van der Waals surface area contributed by atoms with Gasteiger partial charge < -0.3 is 15.3 Å². The minimum absolute atomic E-state index is 0.0162. The van der Waals surface area contributed by atoms with Crippen molar-refractivity contribution in [3.8, 4) is 5.75 Å². The highest BCUT2D eigenvalue weighted by molar-refractivity contribution is 7.35. The molecule has 0 bridgehead atoms. The molecule has 2 aliphatic rings. The molecule has 0 aliphatic carbocycles. The van der Waals surface area contributed by atoms with Gasteiger partial charge in [0.25, 0.3) is 5.91 Å². The lowest BCUT2D eigenvalue weighted by atomic mass is 10.00. The van der Waals surface area contributed by atoms with Crippen molar-refractivity contribution in [1.29, 1.82) is 0 Å². The predicted molar refractivity (Wildman–Crippen MR) is 118 cm³/mol. The quantitative estimate of drug-likeness (QED) is 0.474. The van der Waals surface area contributed by atoms with Crippen LogP contribution < -0.4 is 10.5 Å². The summed E-state index contributed by atoms with van der Waals surface area (Å²) in [4.78, 5) is 15.0. The largest absolute Gasteiger partial charge is 0.505 e. The summed E-state index contributed by atoms with van der Waals surface area (Å²) in [6.45, 7) is 10.5. The average molecular weight is 449 g/mol. The first-order chi connectivity index (χ1) is 14.8. The maximum absolute atomic E-state index is 14.4. The summed E-state index contributed by atoms with van der Waals surface area (Å²) in [6.07, 6.45) is 2.33. The van der Waals surface area contributed by atoms with E-state index in [0.717, 1.165) is 12.1 Å². The fourth-order valence-corrected chi connectivity index (χ4v) is 4.52. The maximum Gasteiger partial charge on any atom is 0.263 e. The highest BCUT2D eigenvalue weighted by Gasteiger charge is 2.30. The number of carbonyl (C=O) groups is 1. The Balaban J connectivity index is 1.99. The lowest BCUT2D eigenvalue weighted by Crippen LogP contribution is -2.41. The van der Waals surface area contributed by atoms with Gasteiger partial charge in [0.05, 0.1) is 17.0 Å². The highest BCUT2D eigenvalue weighted by Crippen LogP contribution is 2.33. The van der Waals surface area contributed by atoms with Crippen molar-refractivity contribution in [2.45, 2.75) is 33.7 Å². The summed E-state index contributed by atoms with van der Waals surface area (Å²) in [5.74, 6) is -1.84. The fourth-order valence-electron chi connectivity index (χ4n) is 3.68. The highest BCUT2D eigenvalue weighted by atomic mass is 31.1. The number of amidine groups is 1. The Morgan fingerprint density at radius 1 is 1.39 bits per heavy atom. The maximum atomic E-state index is 14.4. The van der Waals surface area contributed by atoms with Gasteiger partial charge in [0, 0.05) is 31.6 Å². The molecule has 1 amide bonds. The van der Waals surface area contributed by atoms with Crippen LogP contribution in [0.1, 0.15) is 32.8 Å². The Morgan fingerprint density at radius 2 is 2.10 bits per heavy atom. The van der Waals surface area contributed by atoms with Gasteiger partial charge >= 0.3 is 0 Å². The Morgan fingerprint density at radius 3 is 2.77 bits per heavy atom. The van der Waals surface area contributed by atoms with Crippen molar-refractivity contribution < 1.29 is 18.7 Å². The smallest absolute Gasteiger partial charge is 0.263 e. The average Bonchev–Trinajstić information content (AvgIpc) is 3.23. The number of halogens is 2. The third kappa shape index (κ3) is 4.42. The van der Waals surface area contributed by atoms with Crippen molar-refractivity contribution in [3.63, 3.8) is 0 Å². The van der Waals surface area contributed by atoms with Crippen LogP contribution in [0.2, 0.25) is 0 Å². The van der Waals surface area contributed by atoms with Crippen LogP contribution in [0.3, 0.4) is 0 Å². The number of carbonyl (C=O) groups excluding carboxylic acids is 1. The monoisotopic (exact) mass is 449 g/mol. The van der Waals surface area contributed by atoms with Gasteiger partial charge in [-0.15, -0.1) is 0 Å². The molecule has 31 heavy (non-hydrogen) atoms. The lowest BCUT2D eigenvalue weighted by molar-refractivity contribution is -0.119. The Bertz CT molecular complexity index is 1010. The van der Waals surface area contributed by atoms with Crippen molar-refractivity contribution in [2.24, 2.45) is 5.10 Å². The van der Waals surface area contributed by atoms with Crippen LogP contribution in [-0.2, 0) is 11.3 Å². The second-order valence-electron chi connectivity index (χ2n) is 7.10. The van der Waals surface area contributed by atoms with Crippen LogP contribution in [0.5, 0.6) is 5.75 Å². The van der Waals surface area contributed by atoms with Gasteiger partial charge in [-0.25, -0.2) is 8.78 Å². The van der Waals surface area contributed by atoms with Gasteiger partial charge in [-0.2, -0.15) is 5.10 Å². The van der Waals surface area contributed by atoms with E-state index in [4.69, 9.17) is 0 Å². The summed E-state index contributed by atoms with van der Waals surface area (Å²) in [7, 11) is 0.0162. The van der Waals surface area contributed by atoms with Gasteiger partial charge in [0.1, 0.15) is 20.5 Å². The van der Waals surface area contributed by atoms with Crippen LogP contribution >= 0.6 is 8.88 Å². The van der Waals surface area contributed by atoms with Crippen molar-refractivity contribution >= 4 is 20.6 Å². The number of hydrogen-bond acceptors (Lipinski definition) is 6. The summed E-state index contributed by atoms with van der Waals surface area (Å²) >= 11 is 0. The minimum atomic E-state index is -0.883. The van der Waals surface area contributed by atoms with E-state index in [9.17, 15) is 18.7 Å². The number of phenols is 1. The van der Waals surface area contributed by atoms with Gasteiger partial charge in [-0.3, -0.25) is 14.7 Å². The molecule has 0 radical (unpaired) electrons. The molecule has 3 rings (SSSR count). The number of nitrogens with one attached hydrogen (secondary N) is 2. The molecule has 1 fully saturated rings. The molecule has 2 aliphatic heterocycles. The normalized spacial score (nSPS) is 19.3. The molecule has 7 nitrogen and oxygen atoms in total. The first-order valence-electron chi connectivity index (χ1n) is 9.93. The van der Waals surface area contributed by atoms with Gasteiger partial charge in [0.15, 0.2) is 11.6 Å². The molecular formula is C21H26F2N5O2P. The zero-order valence-electron chi connectivity index (χ0n) is 17.7. The molecule has 3 N–H and O–H groups in total. The summed E-state index contributed by atoms with van der Waals surface area (Å²) in [5, 5.41) is 20.2. The molecular weight excluding hydrogens is 423 g/mol. The number of hydrazone groups is 1. The third-order valence-electron chi connectivity index (χ3n) is 5.25. The number of rotatable bonds is 5. The predicted octanol–water partition coefficient (Wildman–Crippen LogP) is 3.47. The van der Waals surface area contributed by atoms with E-state index >= 15 is 0 Å². The number of nitrogens with zero attached hydrogens (tertiary/aromatic N) is 3. The topological polar surface area (TPSA) is 80.2 Å². The van der Waals surface area contributed by atoms with E-state index in [1.165, 1.54) is 0 Å². The first-order valence-corrected chi connectivity index (χ1v) is 10.9. The first kappa shape index (κ1) is 22.7. The zero-order chi connectivity index (χ0) is 22.7. The van der Waals surface area contributed by atoms with E-state index in [1.807, 2.05) is 6.92 Å². The van der Waals surface area contributed by atoms with E-state index in [0.29, 0.717) is 47.9 Å². The van der Waals surface area contributed by atoms with Crippen LogP contribution in [0, 0.1) is 11.6 Å². The van der Waals surface area contributed by atoms with Gasteiger partial charge in [0.2, 0.25) is 0 Å². The molecule has 0 aromatic heterocycles. The van der Waals surface area contributed by atoms with E-state index in [2.05, 4.69) is 22.2 Å². The molecule has 0 saturated carbocycles. The molecule has 1 saturated heterocycles. The zero-order valence-corrected chi connectivity index (χ0v) is 18.7. The van der Waals surface area contributed by atoms with Crippen LogP contribution in [-0.4, -0.2) is 39.5 Å². The number of aromatic hydroxyl groups is 1. The van der Waals surface area contributed by atoms with Crippen LogP contribution in [0.25, 0.3) is 0 Å². The van der Waals surface area contributed by atoms with Crippen molar-refractivity contribution in [3.05, 3.63) is 64.5 Å². The summed E-state index contributed by atoms with van der Waals surface area (Å²) in [6, 6.07) is 1.88. The summed E-state index contributed by atoms with van der Waals surface area (Å²) in [5.41, 5.74) is 2.15. The molecule has 0 spiro atoms. The lowest BCUT2D eigenvalue weighted by Gasteiger charge is -2.36. The SMILES string of the molecule is C=C1NCCN(Cc2c(F)ccc(F)c2O)/C1=C(C)/C(=C\C)C(=O)N1PNN=C1CC. The number of hydrogen-bond donors (Lipinski definition) is 3. The second kappa shape index (κ2) is 9.47. The van der Waals surface area contributed by atoms with E-state index in [-0.39, 0.29) is 26.9 Å². The molecule has 1 unspecified atom stereocenters. The molecule has 1 aromatic rings. The number of amides is 1. The molecule has 1 aromatic carbocycles. The fraction of sp³-hybridized carbons (Fsp3) is 0.333. The van der Waals surface area contributed by atoms with Gasteiger partial charge in [-0.1, -0.05) is 19.6 Å².